The lowest BCUT2D eigenvalue weighted by Crippen LogP contribution is -2.38. The first-order chi connectivity index (χ1) is 15.8. The minimum atomic E-state index is -4.56. The van der Waals surface area contributed by atoms with Crippen molar-refractivity contribution in [3.8, 4) is 22.3 Å². The van der Waals surface area contributed by atoms with Gasteiger partial charge in [-0.25, -0.2) is 4.79 Å². The molecule has 34 heavy (non-hydrogen) atoms. The first-order valence-corrected chi connectivity index (χ1v) is 10.2. The van der Waals surface area contributed by atoms with Gasteiger partial charge in [-0.15, -0.1) is 0 Å². The quantitative estimate of drug-likeness (QED) is 0.408. The zero-order valence-electron chi connectivity index (χ0n) is 18.2. The monoisotopic (exact) mass is 481 g/mol. The van der Waals surface area contributed by atoms with Gasteiger partial charge in [0.2, 0.25) is 0 Å². The average Bonchev–Trinajstić information content (AvgIpc) is 2.76. The van der Waals surface area contributed by atoms with Crippen molar-refractivity contribution in [3.05, 3.63) is 77.4 Å². The molecule has 180 valence electrons. The van der Waals surface area contributed by atoms with Crippen molar-refractivity contribution in [2.75, 3.05) is 6.54 Å². The molecular formula is C24H21F6N3O. The van der Waals surface area contributed by atoms with Gasteiger partial charge in [-0.05, 0) is 52.9 Å². The molecule has 0 saturated carbocycles. The number of carbonyl (C=O) groups excluding carboxylic acids is 1. The van der Waals surface area contributed by atoms with E-state index in [1.165, 1.54) is 36.5 Å². The number of alkyl halides is 6. The van der Waals surface area contributed by atoms with Gasteiger partial charge in [0.05, 0.1) is 11.1 Å². The highest BCUT2D eigenvalue weighted by Gasteiger charge is 2.31. The number of halogens is 6. The minimum Gasteiger partial charge on any atom is -0.337 e. The Labute approximate surface area is 191 Å². The average molecular weight is 481 g/mol. The maximum absolute atomic E-state index is 13.0. The molecule has 0 saturated heterocycles. The van der Waals surface area contributed by atoms with Crippen LogP contribution in [0.3, 0.4) is 0 Å². The van der Waals surface area contributed by atoms with Crippen molar-refractivity contribution in [1.82, 2.24) is 9.88 Å². The van der Waals surface area contributed by atoms with Crippen molar-refractivity contribution < 1.29 is 31.1 Å². The summed E-state index contributed by atoms with van der Waals surface area (Å²) in [7, 11) is 0. The second kappa shape index (κ2) is 9.36. The molecule has 2 N–H and O–H groups in total. The Morgan fingerprint density at radius 1 is 0.853 bits per heavy atom. The topological polar surface area (TPSA) is 57.9 Å². The van der Waals surface area contributed by atoms with E-state index in [1.807, 2.05) is 13.8 Å². The summed E-state index contributed by atoms with van der Waals surface area (Å²) < 4.78 is 78.9. The second-order valence-electron chi connectivity index (χ2n) is 8.05. The highest BCUT2D eigenvalue weighted by Crippen LogP contribution is 2.35. The normalized spacial score (nSPS) is 12.1. The summed E-state index contributed by atoms with van der Waals surface area (Å²) >= 11 is 0. The molecular weight excluding hydrogens is 460 g/mol. The zero-order chi connectivity index (χ0) is 25.3. The Bertz CT molecular complexity index is 1220. The van der Waals surface area contributed by atoms with E-state index in [2.05, 4.69) is 5.32 Å². The molecule has 0 aliphatic heterocycles. The maximum atomic E-state index is 13.0. The number of hydrogen-bond acceptors (Lipinski definition) is 2. The maximum Gasteiger partial charge on any atom is 0.416 e. The number of rotatable bonds is 4. The van der Waals surface area contributed by atoms with E-state index in [0.29, 0.717) is 17.7 Å². The van der Waals surface area contributed by atoms with E-state index in [-0.39, 0.29) is 22.5 Å². The van der Waals surface area contributed by atoms with Crippen LogP contribution < -0.4 is 10.8 Å². The van der Waals surface area contributed by atoms with Crippen LogP contribution in [0.15, 0.2) is 60.8 Å². The highest BCUT2D eigenvalue weighted by molar-refractivity contribution is 5.85. The summed E-state index contributed by atoms with van der Waals surface area (Å²) in [6.45, 7) is 4.10. The van der Waals surface area contributed by atoms with Crippen molar-refractivity contribution in [2.24, 2.45) is 5.92 Å². The Morgan fingerprint density at radius 2 is 1.32 bits per heavy atom. The van der Waals surface area contributed by atoms with E-state index in [9.17, 15) is 31.1 Å². The SMILES string of the molecule is CC(C)CNC(=O)n1ccc(-c2ccc(C(F)(F)F)cc2)c(-c2ccc(C(F)(F)F)cc2)c1=N. The zero-order valence-corrected chi connectivity index (χ0v) is 18.2. The number of nitrogens with one attached hydrogen (secondary N) is 2. The Hall–Kier alpha value is -3.56. The molecule has 0 radical (unpaired) electrons. The number of pyridine rings is 1. The van der Waals surface area contributed by atoms with Gasteiger partial charge >= 0.3 is 18.4 Å². The van der Waals surface area contributed by atoms with Crippen LogP contribution in [-0.2, 0) is 12.4 Å². The molecule has 0 bridgehead atoms. The van der Waals surface area contributed by atoms with Crippen LogP contribution in [0.25, 0.3) is 22.3 Å². The molecule has 0 spiro atoms. The van der Waals surface area contributed by atoms with E-state index >= 15 is 0 Å². The molecule has 1 heterocycles. The van der Waals surface area contributed by atoms with Crippen LogP contribution in [0.1, 0.15) is 25.0 Å². The summed E-state index contributed by atoms with van der Waals surface area (Å²) in [5.41, 5.74) is -1.15. The van der Waals surface area contributed by atoms with Gasteiger partial charge in [0.25, 0.3) is 0 Å². The molecule has 1 aromatic heterocycles. The van der Waals surface area contributed by atoms with Crippen molar-refractivity contribution in [1.29, 1.82) is 5.41 Å². The third-order valence-electron chi connectivity index (χ3n) is 5.04. The Kier molecular flexibility index (Phi) is 6.90. The largest absolute Gasteiger partial charge is 0.416 e. The lowest BCUT2D eigenvalue weighted by atomic mass is 9.94. The fraction of sp³-hybridized carbons (Fsp3) is 0.250. The number of nitrogens with zero attached hydrogens (tertiary/aromatic N) is 1. The molecule has 0 fully saturated rings. The standard InChI is InChI=1S/C24H21F6N3O/c1-14(2)13-32-22(34)33-12-11-19(15-3-7-17(8-4-15)23(25,26)27)20(21(33)31)16-5-9-18(10-6-16)24(28,29)30/h3-12,14,31H,13H2,1-2H3,(H,32,34). The molecule has 3 rings (SSSR count). The van der Waals surface area contributed by atoms with Gasteiger partial charge in [-0.2, -0.15) is 26.3 Å². The van der Waals surface area contributed by atoms with Crippen LogP contribution in [0.4, 0.5) is 31.1 Å². The van der Waals surface area contributed by atoms with Crippen molar-refractivity contribution in [2.45, 2.75) is 26.2 Å². The lowest BCUT2D eigenvalue weighted by Gasteiger charge is -2.17. The van der Waals surface area contributed by atoms with Crippen LogP contribution in [0.5, 0.6) is 0 Å². The number of hydrogen-bond donors (Lipinski definition) is 2. The van der Waals surface area contributed by atoms with Crippen molar-refractivity contribution >= 4 is 6.03 Å². The van der Waals surface area contributed by atoms with Crippen LogP contribution >= 0.6 is 0 Å². The summed E-state index contributed by atoms with van der Waals surface area (Å²) in [4.78, 5) is 12.6. The van der Waals surface area contributed by atoms with Gasteiger partial charge in [0, 0.05) is 18.3 Å². The molecule has 10 heteroatoms. The summed E-state index contributed by atoms with van der Waals surface area (Å²) in [6.07, 6.45) is -7.80. The summed E-state index contributed by atoms with van der Waals surface area (Å²) in [6, 6.07) is 9.07. The predicted molar refractivity (Wildman–Crippen MR) is 115 cm³/mol. The van der Waals surface area contributed by atoms with E-state index in [1.54, 1.807) is 0 Å². The first kappa shape index (κ1) is 25.1. The van der Waals surface area contributed by atoms with Gasteiger partial charge < -0.3 is 5.32 Å². The van der Waals surface area contributed by atoms with Gasteiger partial charge in [0.1, 0.15) is 5.49 Å². The Balaban J connectivity index is 2.17. The number of amides is 1. The number of aromatic nitrogens is 1. The van der Waals surface area contributed by atoms with Crippen LogP contribution in [-0.4, -0.2) is 17.1 Å². The van der Waals surface area contributed by atoms with E-state index in [4.69, 9.17) is 5.41 Å². The fourth-order valence-corrected chi connectivity index (χ4v) is 3.30. The highest BCUT2D eigenvalue weighted by atomic mass is 19.4. The smallest absolute Gasteiger partial charge is 0.337 e. The van der Waals surface area contributed by atoms with Gasteiger partial charge in [-0.3, -0.25) is 9.98 Å². The Morgan fingerprint density at radius 3 is 1.76 bits per heavy atom. The summed E-state index contributed by atoms with van der Waals surface area (Å²) in [5, 5.41) is 11.3. The third kappa shape index (κ3) is 5.49. The number of benzene rings is 2. The molecule has 0 unspecified atom stereocenters. The fourth-order valence-electron chi connectivity index (χ4n) is 3.30. The van der Waals surface area contributed by atoms with Crippen LogP contribution in [0, 0.1) is 11.3 Å². The molecule has 0 aliphatic carbocycles. The van der Waals surface area contributed by atoms with Gasteiger partial charge in [-0.1, -0.05) is 38.1 Å². The lowest BCUT2D eigenvalue weighted by molar-refractivity contribution is -0.138. The summed E-state index contributed by atoms with van der Waals surface area (Å²) in [5.74, 6) is 0.138. The van der Waals surface area contributed by atoms with Gasteiger partial charge in [0.15, 0.2) is 0 Å². The molecule has 2 aromatic carbocycles. The minimum absolute atomic E-state index is 0.107. The molecule has 3 aromatic rings. The van der Waals surface area contributed by atoms with Crippen LogP contribution in [0.2, 0.25) is 0 Å². The first-order valence-electron chi connectivity index (χ1n) is 10.2. The molecule has 0 atom stereocenters. The second-order valence-corrected chi connectivity index (χ2v) is 8.05. The molecule has 1 amide bonds. The van der Waals surface area contributed by atoms with E-state index in [0.717, 1.165) is 28.8 Å². The van der Waals surface area contributed by atoms with Crippen molar-refractivity contribution in [3.63, 3.8) is 0 Å². The van der Waals surface area contributed by atoms with E-state index < -0.39 is 29.5 Å². The number of carbonyl (C=O) groups is 1. The molecule has 0 aliphatic rings. The third-order valence-corrected chi connectivity index (χ3v) is 5.04. The molecule has 4 nitrogen and oxygen atoms in total. The predicted octanol–water partition coefficient (Wildman–Crippen LogP) is 6.55.